The third-order valence-corrected chi connectivity index (χ3v) is 3.03. The Kier molecular flexibility index (Phi) is 3.66. The lowest BCUT2D eigenvalue weighted by molar-refractivity contribution is 0.358. The monoisotopic (exact) mass is 281 g/mol. The molecule has 2 heterocycles. The lowest BCUT2D eigenvalue weighted by atomic mass is 9.88. The van der Waals surface area contributed by atoms with E-state index in [0.717, 1.165) is 0 Å². The van der Waals surface area contributed by atoms with Crippen molar-refractivity contribution in [3.05, 3.63) is 17.9 Å². The van der Waals surface area contributed by atoms with Gasteiger partial charge in [-0.15, -0.1) is 0 Å². The van der Waals surface area contributed by atoms with Crippen molar-refractivity contribution in [1.82, 2.24) is 29.7 Å². The van der Waals surface area contributed by atoms with Crippen LogP contribution in [0.5, 0.6) is 0 Å². The van der Waals surface area contributed by atoms with E-state index in [1.54, 1.807) is 0 Å². The van der Waals surface area contributed by atoms with E-state index >= 15 is 0 Å². The van der Waals surface area contributed by atoms with Gasteiger partial charge in [0.2, 0.25) is 11.2 Å². The average molecular weight is 282 g/mol. The zero-order valence-corrected chi connectivity index (χ0v) is 12.0. The molecule has 7 nitrogen and oxygen atoms in total. The smallest absolute Gasteiger partial charge is 0.258 e. The SMILES string of the molecule is CC(Nc1nc(Cl)nc(-n2cncn2)n1)C(C)(C)C. The second-order valence-electron chi connectivity index (χ2n) is 5.30. The highest BCUT2D eigenvalue weighted by Gasteiger charge is 2.21. The van der Waals surface area contributed by atoms with Gasteiger partial charge in [-0.05, 0) is 23.9 Å². The molecule has 0 amide bonds. The molecule has 0 aliphatic heterocycles. The van der Waals surface area contributed by atoms with Gasteiger partial charge < -0.3 is 5.32 Å². The van der Waals surface area contributed by atoms with Crippen LogP contribution in [0.3, 0.4) is 0 Å². The fourth-order valence-corrected chi connectivity index (χ4v) is 1.38. The van der Waals surface area contributed by atoms with E-state index in [1.165, 1.54) is 17.3 Å². The van der Waals surface area contributed by atoms with Crippen molar-refractivity contribution in [1.29, 1.82) is 0 Å². The van der Waals surface area contributed by atoms with Crippen LogP contribution in [0, 0.1) is 5.41 Å². The number of nitrogens with one attached hydrogen (secondary N) is 1. The van der Waals surface area contributed by atoms with Gasteiger partial charge in [-0.2, -0.15) is 24.7 Å². The first kappa shape index (κ1) is 13.7. The van der Waals surface area contributed by atoms with Crippen molar-refractivity contribution < 1.29 is 0 Å². The molecule has 0 fully saturated rings. The van der Waals surface area contributed by atoms with Gasteiger partial charge in [-0.25, -0.2) is 4.98 Å². The largest absolute Gasteiger partial charge is 0.351 e. The third kappa shape index (κ3) is 3.37. The minimum Gasteiger partial charge on any atom is -0.351 e. The summed E-state index contributed by atoms with van der Waals surface area (Å²) in [4.78, 5) is 16.2. The minimum absolute atomic E-state index is 0.0759. The molecule has 8 heteroatoms. The van der Waals surface area contributed by atoms with Crippen molar-refractivity contribution in [3.63, 3.8) is 0 Å². The van der Waals surface area contributed by atoms with Gasteiger partial charge in [0.05, 0.1) is 0 Å². The molecule has 1 unspecified atom stereocenters. The van der Waals surface area contributed by atoms with E-state index in [0.29, 0.717) is 11.9 Å². The third-order valence-electron chi connectivity index (χ3n) is 2.86. The Labute approximate surface area is 116 Å². The van der Waals surface area contributed by atoms with Crippen molar-refractivity contribution in [2.24, 2.45) is 5.41 Å². The summed E-state index contributed by atoms with van der Waals surface area (Å²) in [6.07, 6.45) is 2.91. The zero-order chi connectivity index (χ0) is 14.0. The first-order chi connectivity index (χ1) is 8.86. The van der Waals surface area contributed by atoms with E-state index in [2.05, 4.69) is 58.0 Å². The molecule has 0 aliphatic carbocycles. The maximum Gasteiger partial charge on any atom is 0.258 e. The molecule has 2 aromatic rings. The Morgan fingerprint density at radius 2 is 2.00 bits per heavy atom. The lowest BCUT2D eigenvalue weighted by Gasteiger charge is -2.28. The first-order valence-corrected chi connectivity index (χ1v) is 6.27. The van der Waals surface area contributed by atoms with Gasteiger partial charge in [-0.1, -0.05) is 20.8 Å². The Morgan fingerprint density at radius 1 is 1.26 bits per heavy atom. The van der Waals surface area contributed by atoms with Gasteiger partial charge in [-0.3, -0.25) is 0 Å². The highest BCUT2D eigenvalue weighted by atomic mass is 35.5. The van der Waals surface area contributed by atoms with Gasteiger partial charge >= 0.3 is 0 Å². The van der Waals surface area contributed by atoms with Crippen LogP contribution in [0.2, 0.25) is 5.28 Å². The molecular formula is C11H16ClN7. The summed E-state index contributed by atoms with van der Waals surface area (Å²) < 4.78 is 1.43. The number of halogens is 1. The lowest BCUT2D eigenvalue weighted by Crippen LogP contribution is -2.31. The highest BCUT2D eigenvalue weighted by Crippen LogP contribution is 2.21. The zero-order valence-electron chi connectivity index (χ0n) is 11.3. The Morgan fingerprint density at radius 3 is 2.58 bits per heavy atom. The van der Waals surface area contributed by atoms with Gasteiger partial charge in [0.1, 0.15) is 12.7 Å². The van der Waals surface area contributed by atoms with E-state index in [4.69, 9.17) is 11.6 Å². The normalized spacial score (nSPS) is 13.3. The highest BCUT2D eigenvalue weighted by molar-refractivity contribution is 6.28. The van der Waals surface area contributed by atoms with Crippen LogP contribution in [-0.4, -0.2) is 35.8 Å². The average Bonchev–Trinajstić information content (AvgIpc) is 2.80. The molecule has 0 spiro atoms. The topological polar surface area (TPSA) is 81.4 Å². The fraction of sp³-hybridized carbons (Fsp3) is 0.545. The molecule has 0 aromatic carbocycles. The van der Waals surface area contributed by atoms with Crippen LogP contribution in [0.15, 0.2) is 12.7 Å². The molecule has 0 saturated heterocycles. The molecule has 0 saturated carbocycles. The number of nitrogens with zero attached hydrogens (tertiary/aromatic N) is 6. The summed E-state index contributed by atoms with van der Waals surface area (Å²) >= 11 is 5.90. The van der Waals surface area contributed by atoms with E-state index < -0.39 is 0 Å². The molecule has 1 N–H and O–H groups in total. The van der Waals surface area contributed by atoms with Crippen LogP contribution < -0.4 is 5.32 Å². The molecule has 2 aromatic heterocycles. The van der Waals surface area contributed by atoms with Crippen LogP contribution in [-0.2, 0) is 0 Å². The fourth-order valence-electron chi connectivity index (χ4n) is 1.23. The van der Waals surface area contributed by atoms with E-state index in [1.807, 2.05) is 0 Å². The maximum atomic E-state index is 5.90. The second kappa shape index (κ2) is 5.08. The van der Waals surface area contributed by atoms with Crippen molar-refractivity contribution in [3.8, 4) is 5.95 Å². The molecular weight excluding hydrogens is 266 g/mol. The van der Waals surface area contributed by atoms with Crippen molar-refractivity contribution >= 4 is 17.5 Å². The quantitative estimate of drug-likeness (QED) is 0.926. The summed E-state index contributed by atoms with van der Waals surface area (Å²) in [5.74, 6) is 0.758. The summed E-state index contributed by atoms with van der Waals surface area (Å²) in [6.45, 7) is 8.45. The van der Waals surface area contributed by atoms with Crippen molar-refractivity contribution in [2.75, 3.05) is 5.32 Å². The molecule has 1 atom stereocenters. The Hall–Kier alpha value is -1.76. The van der Waals surface area contributed by atoms with E-state index in [9.17, 15) is 0 Å². The van der Waals surface area contributed by atoms with Gasteiger partial charge in [0, 0.05) is 6.04 Å². The Bertz CT molecular complexity index is 547. The number of anilines is 1. The maximum absolute atomic E-state index is 5.90. The number of rotatable bonds is 3. The summed E-state index contributed by atoms with van der Waals surface area (Å²) in [6, 6.07) is 0.176. The second-order valence-corrected chi connectivity index (χ2v) is 5.64. The molecule has 102 valence electrons. The predicted octanol–water partition coefficient (Wildman–Crippen LogP) is 1.95. The number of hydrogen-bond donors (Lipinski definition) is 1. The number of aromatic nitrogens is 6. The van der Waals surface area contributed by atoms with E-state index in [-0.39, 0.29) is 16.7 Å². The molecule has 2 rings (SSSR count). The predicted molar refractivity (Wildman–Crippen MR) is 72.3 cm³/mol. The number of hydrogen-bond acceptors (Lipinski definition) is 6. The van der Waals surface area contributed by atoms with Crippen LogP contribution >= 0.6 is 11.6 Å². The summed E-state index contributed by atoms with van der Waals surface area (Å²) in [5.41, 5.74) is 0.0759. The summed E-state index contributed by atoms with van der Waals surface area (Å²) in [7, 11) is 0. The minimum atomic E-state index is 0.0759. The molecule has 0 bridgehead atoms. The Balaban J connectivity index is 2.28. The standard InChI is InChI=1S/C11H16ClN7/c1-7(11(2,3)4)15-9-16-8(12)17-10(18-9)19-6-13-5-14-19/h5-7H,1-4H3,(H,15,16,17,18). The van der Waals surface area contributed by atoms with Crippen LogP contribution in [0.1, 0.15) is 27.7 Å². The first-order valence-electron chi connectivity index (χ1n) is 5.89. The van der Waals surface area contributed by atoms with Gasteiger partial charge in [0.25, 0.3) is 5.95 Å². The van der Waals surface area contributed by atoms with Crippen molar-refractivity contribution in [2.45, 2.75) is 33.7 Å². The molecule has 0 radical (unpaired) electrons. The van der Waals surface area contributed by atoms with Crippen LogP contribution in [0.4, 0.5) is 5.95 Å². The van der Waals surface area contributed by atoms with Gasteiger partial charge in [0.15, 0.2) is 0 Å². The summed E-state index contributed by atoms with van der Waals surface area (Å²) in [5, 5.41) is 7.29. The molecule has 19 heavy (non-hydrogen) atoms. The van der Waals surface area contributed by atoms with Crippen LogP contribution in [0.25, 0.3) is 5.95 Å². The molecule has 0 aliphatic rings.